The van der Waals surface area contributed by atoms with Crippen LogP contribution in [-0.2, 0) is 0 Å². The van der Waals surface area contributed by atoms with Gasteiger partial charge in [-0.25, -0.2) is 0 Å². The van der Waals surface area contributed by atoms with Crippen molar-refractivity contribution in [3.63, 3.8) is 0 Å². The van der Waals surface area contributed by atoms with Crippen LogP contribution in [0, 0.1) is 17.0 Å². The number of nitro benzene ring substituents is 1. The zero-order chi connectivity index (χ0) is 16.1. The fourth-order valence-electron chi connectivity index (χ4n) is 2.90. The second kappa shape index (κ2) is 7.35. The highest BCUT2D eigenvalue weighted by Crippen LogP contribution is 2.19. The van der Waals surface area contributed by atoms with Crippen molar-refractivity contribution < 1.29 is 9.72 Å². The van der Waals surface area contributed by atoms with Crippen LogP contribution in [0.2, 0.25) is 0 Å². The van der Waals surface area contributed by atoms with Gasteiger partial charge in [-0.1, -0.05) is 13.0 Å². The molecule has 2 rings (SSSR count). The molecule has 1 aliphatic heterocycles. The van der Waals surface area contributed by atoms with Crippen molar-refractivity contribution in [2.75, 3.05) is 19.6 Å². The average Bonchev–Trinajstić information content (AvgIpc) is 3.02. The first-order chi connectivity index (χ1) is 10.5. The molecule has 1 aromatic rings. The molecule has 0 radical (unpaired) electrons. The summed E-state index contributed by atoms with van der Waals surface area (Å²) < 4.78 is 0. The van der Waals surface area contributed by atoms with Crippen LogP contribution >= 0.6 is 0 Å². The third-order valence-corrected chi connectivity index (χ3v) is 4.29. The quantitative estimate of drug-likeness (QED) is 0.647. The third-order valence-electron chi connectivity index (χ3n) is 4.29. The Kier molecular flexibility index (Phi) is 5.49. The minimum Gasteiger partial charge on any atom is -0.350 e. The summed E-state index contributed by atoms with van der Waals surface area (Å²) >= 11 is 0. The number of nitrogens with one attached hydrogen (secondary N) is 1. The predicted octanol–water partition coefficient (Wildman–Crippen LogP) is 2.51. The Bertz CT molecular complexity index is 554. The molecule has 1 saturated heterocycles. The van der Waals surface area contributed by atoms with Gasteiger partial charge in [0, 0.05) is 29.8 Å². The molecule has 1 aliphatic rings. The van der Waals surface area contributed by atoms with Crippen LogP contribution in [0.25, 0.3) is 0 Å². The summed E-state index contributed by atoms with van der Waals surface area (Å²) in [5.41, 5.74) is 0.887. The zero-order valence-electron chi connectivity index (χ0n) is 13.2. The topological polar surface area (TPSA) is 75.5 Å². The maximum atomic E-state index is 12.2. The first kappa shape index (κ1) is 16.4. The van der Waals surface area contributed by atoms with E-state index in [1.54, 1.807) is 19.1 Å². The van der Waals surface area contributed by atoms with E-state index in [9.17, 15) is 14.9 Å². The van der Waals surface area contributed by atoms with Gasteiger partial charge in [0.05, 0.1) is 4.92 Å². The van der Waals surface area contributed by atoms with Crippen molar-refractivity contribution in [3.05, 3.63) is 39.4 Å². The van der Waals surface area contributed by atoms with Crippen molar-refractivity contribution in [2.45, 2.75) is 39.2 Å². The standard InChI is InChI=1S/C16H23N3O3/c1-3-14(18-8-4-5-9-18)11-17-16(20)13-7-6-12(2)15(10-13)19(21)22/h6-7,10,14H,3-5,8-9,11H2,1-2H3,(H,17,20). The van der Waals surface area contributed by atoms with Crippen molar-refractivity contribution >= 4 is 11.6 Å². The van der Waals surface area contributed by atoms with E-state index >= 15 is 0 Å². The van der Waals surface area contributed by atoms with E-state index in [1.165, 1.54) is 18.9 Å². The number of hydrogen-bond acceptors (Lipinski definition) is 4. The molecule has 1 heterocycles. The molecule has 1 N–H and O–H groups in total. The second-order valence-electron chi connectivity index (χ2n) is 5.77. The number of likely N-dealkylation sites (tertiary alicyclic amines) is 1. The Hall–Kier alpha value is -1.95. The Morgan fingerprint density at radius 3 is 2.68 bits per heavy atom. The van der Waals surface area contributed by atoms with E-state index in [0.717, 1.165) is 19.5 Å². The van der Waals surface area contributed by atoms with E-state index in [2.05, 4.69) is 17.1 Å². The summed E-state index contributed by atoms with van der Waals surface area (Å²) in [6.07, 6.45) is 3.41. The Morgan fingerprint density at radius 1 is 1.41 bits per heavy atom. The van der Waals surface area contributed by atoms with Gasteiger partial charge in [0.1, 0.15) is 0 Å². The van der Waals surface area contributed by atoms with Gasteiger partial charge in [-0.3, -0.25) is 19.8 Å². The number of aryl methyl sites for hydroxylation is 1. The fraction of sp³-hybridized carbons (Fsp3) is 0.562. The molecule has 120 valence electrons. The summed E-state index contributed by atoms with van der Waals surface area (Å²) in [5.74, 6) is -0.249. The zero-order valence-corrected chi connectivity index (χ0v) is 13.2. The molecule has 0 spiro atoms. The van der Waals surface area contributed by atoms with E-state index in [-0.39, 0.29) is 11.6 Å². The lowest BCUT2D eigenvalue weighted by atomic mass is 10.1. The summed E-state index contributed by atoms with van der Waals surface area (Å²) in [5, 5.41) is 13.9. The molecule has 22 heavy (non-hydrogen) atoms. The van der Waals surface area contributed by atoms with Crippen LogP contribution in [0.1, 0.15) is 42.1 Å². The Balaban J connectivity index is 1.99. The monoisotopic (exact) mass is 305 g/mol. The SMILES string of the molecule is CCC(CNC(=O)c1ccc(C)c([N+](=O)[O-])c1)N1CCCC1. The van der Waals surface area contributed by atoms with Crippen LogP contribution in [0.4, 0.5) is 5.69 Å². The molecular formula is C16H23N3O3. The maximum absolute atomic E-state index is 12.2. The fourth-order valence-corrected chi connectivity index (χ4v) is 2.90. The molecule has 1 aromatic carbocycles. The van der Waals surface area contributed by atoms with Crippen LogP contribution < -0.4 is 5.32 Å². The first-order valence-electron chi connectivity index (χ1n) is 7.80. The number of nitrogens with zero attached hydrogens (tertiary/aromatic N) is 2. The molecule has 0 aliphatic carbocycles. The molecule has 1 fully saturated rings. The molecule has 0 bridgehead atoms. The molecular weight excluding hydrogens is 282 g/mol. The van der Waals surface area contributed by atoms with Crippen LogP contribution in [0.5, 0.6) is 0 Å². The number of benzene rings is 1. The molecule has 0 saturated carbocycles. The van der Waals surface area contributed by atoms with Gasteiger partial charge in [0.25, 0.3) is 11.6 Å². The second-order valence-corrected chi connectivity index (χ2v) is 5.77. The number of amides is 1. The largest absolute Gasteiger partial charge is 0.350 e. The van der Waals surface area contributed by atoms with Gasteiger partial charge >= 0.3 is 0 Å². The van der Waals surface area contributed by atoms with E-state index in [1.807, 2.05) is 0 Å². The highest BCUT2D eigenvalue weighted by atomic mass is 16.6. The van der Waals surface area contributed by atoms with Crippen LogP contribution in [-0.4, -0.2) is 41.4 Å². The van der Waals surface area contributed by atoms with Gasteiger partial charge in [0.15, 0.2) is 0 Å². The van der Waals surface area contributed by atoms with Crippen molar-refractivity contribution in [3.8, 4) is 0 Å². The maximum Gasteiger partial charge on any atom is 0.273 e. The number of hydrogen-bond donors (Lipinski definition) is 1. The third kappa shape index (κ3) is 3.82. The molecule has 6 heteroatoms. The number of rotatable bonds is 6. The molecule has 1 atom stereocenters. The van der Waals surface area contributed by atoms with Crippen molar-refractivity contribution in [1.82, 2.24) is 10.2 Å². The lowest BCUT2D eigenvalue weighted by Crippen LogP contribution is -2.42. The van der Waals surface area contributed by atoms with Gasteiger partial charge in [0.2, 0.25) is 0 Å². The van der Waals surface area contributed by atoms with Crippen molar-refractivity contribution in [2.24, 2.45) is 0 Å². The first-order valence-corrected chi connectivity index (χ1v) is 7.80. The molecule has 6 nitrogen and oxygen atoms in total. The van der Waals surface area contributed by atoms with Crippen molar-refractivity contribution in [1.29, 1.82) is 0 Å². The van der Waals surface area contributed by atoms with Gasteiger partial charge in [-0.2, -0.15) is 0 Å². The molecule has 1 unspecified atom stereocenters. The molecule has 1 amide bonds. The lowest BCUT2D eigenvalue weighted by Gasteiger charge is -2.26. The lowest BCUT2D eigenvalue weighted by molar-refractivity contribution is -0.385. The predicted molar refractivity (Wildman–Crippen MR) is 85.1 cm³/mol. The number of nitro groups is 1. The molecule has 0 aromatic heterocycles. The highest BCUT2D eigenvalue weighted by Gasteiger charge is 2.21. The summed E-state index contributed by atoms with van der Waals surface area (Å²) in [4.78, 5) is 25.1. The minimum absolute atomic E-state index is 0.0146. The van der Waals surface area contributed by atoms with E-state index in [4.69, 9.17) is 0 Å². The summed E-state index contributed by atoms with van der Waals surface area (Å²) in [6, 6.07) is 4.94. The normalized spacial score (nSPS) is 16.5. The van der Waals surface area contributed by atoms with E-state index in [0.29, 0.717) is 23.7 Å². The Morgan fingerprint density at radius 2 is 2.09 bits per heavy atom. The van der Waals surface area contributed by atoms with E-state index < -0.39 is 4.92 Å². The number of carbonyl (C=O) groups is 1. The summed E-state index contributed by atoms with van der Waals surface area (Å²) in [7, 11) is 0. The van der Waals surface area contributed by atoms with Gasteiger partial charge in [-0.15, -0.1) is 0 Å². The smallest absolute Gasteiger partial charge is 0.273 e. The van der Waals surface area contributed by atoms with Gasteiger partial charge < -0.3 is 5.32 Å². The highest BCUT2D eigenvalue weighted by molar-refractivity contribution is 5.95. The van der Waals surface area contributed by atoms with Crippen LogP contribution in [0.15, 0.2) is 18.2 Å². The van der Waals surface area contributed by atoms with Crippen LogP contribution in [0.3, 0.4) is 0 Å². The minimum atomic E-state index is -0.453. The number of carbonyl (C=O) groups excluding carboxylic acids is 1. The summed E-state index contributed by atoms with van der Waals surface area (Å²) in [6.45, 7) is 6.54. The average molecular weight is 305 g/mol. The van der Waals surface area contributed by atoms with Gasteiger partial charge in [-0.05, 0) is 45.3 Å². The Labute approximate surface area is 130 Å².